The minimum absolute atomic E-state index is 0.0484. The van der Waals surface area contributed by atoms with Crippen molar-refractivity contribution in [2.24, 2.45) is 0 Å². The van der Waals surface area contributed by atoms with Crippen molar-refractivity contribution in [1.29, 1.82) is 0 Å². The first kappa shape index (κ1) is 16.4. The second kappa shape index (κ2) is 6.56. The molecule has 0 radical (unpaired) electrons. The fraction of sp³-hybridized carbons (Fsp3) is 0.438. The predicted molar refractivity (Wildman–Crippen MR) is 82.8 cm³/mol. The second-order valence-electron chi connectivity index (χ2n) is 5.87. The number of imide groups is 1. The zero-order chi connectivity index (χ0) is 17.3. The molecule has 0 aliphatic carbocycles. The summed E-state index contributed by atoms with van der Waals surface area (Å²) in [5.41, 5.74) is 0.222. The molecule has 2 fully saturated rings. The number of fused-ring (bicyclic) bond motifs is 1. The van der Waals surface area contributed by atoms with Crippen molar-refractivity contribution >= 4 is 23.5 Å². The number of urea groups is 1. The molecule has 0 unspecified atom stereocenters. The van der Waals surface area contributed by atoms with Crippen molar-refractivity contribution < 1.29 is 23.5 Å². The van der Waals surface area contributed by atoms with E-state index in [9.17, 15) is 18.8 Å². The van der Waals surface area contributed by atoms with Crippen LogP contribution in [0.4, 0.5) is 14.9 Å². The zero-order valence-electron chi connectivity index (χ0n) is 13.2. The van der Waals surface area contributed by atoms with Gasteiger partial charge in [0, 0.05) is 19.7 Å². The van der Waals surface area contributed by atoms with Crippen LogP contribution >= 0.6 is 0 Å². The van der Waals surface area contributed by atoms with E-state index in [1.54, 1.807) is 0 Å². The van der Waals surface area contributed by atoms with E-state index in [0.717, 1.165) is 11.0 Å². The first-order valence-electron chi connectivity index (χ1n) is 7.69. The molecule has 0 bridgehead atoms. The van der Waals surface area contributed by atoms with Gasteiger partial charge in [0.15, 0.2) is 0 Å². The van der Waals surface area contributed by atoms with Gasteiger partial charge in [0.2, 0.25) is 5.91 Å². The maximum Gasteiger partial charge on any atom is 0.332 e. The lowest BCUT2D eigenvalue weighted by Crippen LogP contribution is -2.50. The van der Waals surface area contributed by atoms with E-state index in [-0.39, 0.29) is 24.2 Å². The molecule has 24 heavy (non-hydrogen) atoms. The molecule has 2 aliphatic rings. The standard InChI is InChI=1S/C16H18FN3O4/c1-24-9-14(21)18-11-5-6-19-13(8-11)15(22)20(16(19)23)12-4-2-3-10(17)7-12/h2-4,7,11,13H,5-6,8-9H2,1H3,(H,18,21)/t11-,13-/m0/s1. The van der Waals surface area contributed by atoms with Gasteiger partial charge in [0.05, 0.1) is 5.69 Å². The fourth-order valence-electron chi connectivity index (χ4n) is 3.18. The number of piperidine rings is 1. The molecule has 0 saturated carbocycles. The van der Waals surface area contributed by atoms with Crippen LogP contribution in [0.1, 0.15) is 12.8 Å². The monoisotopic (exact) mass is 335 g/mol. The molecule has 4 amide bonds. The fourth-order valence-corrected chi connectivity index (χ4v) is 3.18. The highest BCUT2D eigenvalue weighted by Gasteiger charge is 2.48. The van der Waals surface area contributed by atoms with E-state index in [2.05, 4.69) is 5.32 Å². The largest absolute Gasteiger partial charge is 0.375 e. The number of carbonyl (C=O) groups excluding carboxylic acids is 3. The molecular weight excluding hydrogens is 317 g/mol. The zero-order valence-corrected chi connectivity index (χ0v) is 13.2. The summed E-state index contributed by atoms with van der Waals surface area (Å²) in [5.74, 6) is -1.16. The van der Waals surface area contributed by atoms with Gasteiger partial charge < -0.3 is 15.0 Å². The lowest BCUT2D eigenvalue weighted by Gasteiger charge is -2.32. The smallest absolute Gasteiger partial charge is 0.332 e. The van der Waals surface area contributed by atoms with Gasteiger partial charge in [-0.3, -0.25) is 9.59 Å². The highest BCUT2D eigenvalue weighted by atomic mass is 19.1. The van der Waals surface area contributed by atoms with Crippen molar-refractivity contribution in [3.63, 3.8) is 0 Å². The van der Waals surface area contributed by atoms with Crippen LogP contribution in [0.3, 0.4) is 0 Å². The van der Waals surface area contributed by atoms with E-state index in [1.807, 2.05) is 0 Å². The highest BCUT2D eigenvalue weighted by Crippen LogP contribution is 2.31. The summed E-state index contributed by atoms with van der Waals surface area (Å²) in [6, 6.07) is 4.11. The van der Waals surface area contributed by atoms with Crippen LogP contribution in [0, 0.1) is 5.82 Å². The van der Waals surface area contributed by atoms with Crippen molar-refractivity contribution in [3.8, 4) is 0 Å². The number of nitrogens with one attached hydrogen (secondary N) is 1. The van der Waals surface area contributed by atoms with Crippen molar-refractivity contribution in [3.05, 3.63) is 30.1 Å². The summed E-state index contributed by atoms with van der Waals surface area (Å²) in [5, 5.41) is 2.80. The van der Waals surface area contributed by atoms with Crippen LogP contribution in [0.5, 0.6) is 0 Å². The van der Waals surface area contributed by atoms with Crippen molar-refractivity contribution in [1.82, 2.24) is 10.2 Å². The Morgan fingerprint density at radius 1 is 1.42 bits per heavy atom. The molecule has 2 saturated heterocycles. The lowest BCUT2D eigenvalue weighted by molar-refractivity contribution is -0.127. The maximum atomic E-state index is 13.4. The van der Waals surface area contributed by atoms with E-state index >= 15 is 0 Å². The Balaban J connectivity index is 1.75. The Morgan fingerprint density at radius 2 is 2.21 bits per heavy atom. The number of anilines is 1. The molecule has 2 heterocycles. The van der Waals surface area contributed by atoms with Crippen LogP contribution in [-0.2, 0) is 14.3 Å². The Kier molecular flexibility index (Phi) is 4.48. The third kappa shape index (κ3) is 2.96. The van der Waals surface area contributed by atoms with E-state index in [4.69, 9.17) is 4.74 Å². The number of benzene rings is 1. The van der Waals surface area contributed by atoms with Crippen LogP contribution in [-0.4, -0.2) is 55.1 Å². The number of nitrogens with zero attached hydrogens (tertiary/aromatic N) is 2. The first-order valence-corrected chi connectivity index (χ1v) is 7.69. The van der Waals surface area contributed by atoms with Gasteiger partial charge >= 0.3 is 6.03 Å². The Labute approximate surface area is 138 Å². The van der Waals surface area contributed by atoms with Gasteiger partial charge in [-0.25, -0.2) is 14.1 Å². The summed E-state index contributed by atoms with van der Waals surface area (Å²) in [6.45, 7) is 0.312. The van der Waals surface area contributed by atoms with Crippen LogP contribution in [0.2, 0.25) is 0 Å². The Hall–Kier alpha value is -2.48. The number of rotatable bonds is 4. The first-order chi connectivity index (χ1) is 11.5. The molecule has 7 nitrogen and oxygen atoms in total. The minimum Gasteiger partial charge on any atom is -0.375 e. The summed E-state index contributed by atoms with van der Waals surface area (Å²) in [4.78, 5) is 39.2. The van der Waals surface area contributed by atoms with Gasteiger partial charge in [-0.2, -0.15) is 0 Å². The van der Waals surface area contributed by atoms with E-state index < -0.39 is 23.8 Å². The SMILES string of the molecule is COCC(=O)N[C@H]1CCN2C(=O)N(c3cccc(F)c3)C(=O)[C@@H]2C1. The normalized spacial score (nSPS) is 23.4. The maximum absolute atomic E-state index is 13.4. The minimum atomic E-state index is -0.637. The van der Waals surface area contributed by atoms with Gasteiger partial charge in [0.25, 0.3) is 5.91 Å². The average molecular weight is 335 g/mol. The third-order valence-electron chi connectivity index (χ3n) is 4.25. The molecule has 1 aromatic rings. The number of methoxy groups -OCH3 is 1. The molecule has 0 spiro atoms. The molecular formula is C16H18FN3O4. The van der Waals surface area contributed by atoms with Gasteiger partial charge in [-0.15, -0.1) is 0 Å². The summed E-state index contributed by atoms with van der Waals surface area (Å²) < 4.78 is 18.2. The van der Waals surface area contributed by atoms with Crippen molar-refractivity contribution in [2.45, 2.75) is 24.9 Å². The molecule has 8 heteroatoms. The molecule has 128 valence electrons. The highest BCUT2D eigenvalue weighted by molar-refractivity contribution is 6.21. The second-order valence-corrected chi connectivity index (χ2v) is 5.87. The van der Waals surface area contributed by atoms with E-state index in [1.165, 1.54) is 30.2 Å². The Bertz CT molecular complexity index is 681. The van der Waals surface area contributed by atoms with Crippen LogP contribution in [0.15, 0.2) is 24.3 Å². The molecule has 2 aliphatic heterocycles. The molecule has 1 aromatic carbocycles. The average Bonchev–Trinajstić information content (AvgIpc) is 2.78. The summed E-state index contributed by atoms with van der Waals surface area (Å²) >= 11 is 0. The molecule has 2 atom stereocenters. The number of hydrogen-bond donors (Lipinski definition) is 1. The Morgan fingerprint density at radius 3 is 2.92 bits per heavy atom. The van der Waals surface area contributed by atoms with Gasteiger partial charge in [0.1, 0.15) is 18.5 Å². The van der Waals surface area contributed by atoms with Gasteiger partial charge in [-0.05, 0) is 31.0 Å². The number of halogens is 1. The number of ether oxygens (including phenoxy) is 1. The number of carbonyl (C=O) groups is 3. The number of hydrogen-bond acceptors (Lipinski definition) is 4. The topological polar surface area (TPSA) is 79.0 Å². The predicted octanol–water partition coefficient (Wildman–Crippen LogP) is 0.888. The van der Waals surface area contributed by atoms with Crippen LogP contribution < -0.4 is 10.2 Å². The molecule has 3 rings (SSSR count). The summed E-state index contributed by atoms with van der Waals surface area (Å²) in [6.07, 6.45) is 0.897. The third-order valence-corrected chi connectivity index (χ3v) is 4.25. The van der Waals surface area contributed by atoms with Crippen molar-refractivity contribution in [2.75, 3.05) is 25.2 Å². The molecule has 1 N–H and O–H groups in total. The number of amides is 4. The van der Waals surface area contributed by atoms with Gasteiger partial charge in [-0.1, -0.05) is 6.07 Å². The van der Waals surface area contributed by atoms with E-state index in [0.29, 0.717) is 19.4 Å². The lowest BCUT2D eigenvalue weighted by atomic mass is 9.98. The molecule has 0 aromatic heterocycles. The quantitative estimate of drug-likeness (QED) is 0.829. The van der Waals surface area contributed by atoms with Crippen LogP contribution in [0.25, 0.3) is 0 Å². The summed E-state index contributed by atoms with van der Waals surface area (Å²) in [7, 11) is 1.43.